The molecule has 1 saturated carbocycles. The predicted octanol–water partition coefficient (Wildman–Crippen LogP) is 3.71. The van der Waals surface area contributed by atoms with E-state index in [9.17, 15) is 9.59 Å². The molecule has 1 aliphatic heterocycles. The monoisotopic (exact) mass is 388 g/mol. The molecule has 154 valence electrons. The summed E-state index contributed by atoms with van der Waals surface area (Å²) in [6.07, 6.45) is 5.41. The van der Waals surface area contributed by atoms with Crippen molar-refractivity contribution in [1.29, 1.82) is 0 Å². The fourth-order valence-corrected chi connectivity index (χ4v) is 4.39. The summed E-state index contributed by atoms with van der Waals surface area (Å²) >= 11 is 0. The Balaban J connectivity index is 1.53. The van der Waals surface area contributed by atoms with Crippen molar-refractivity contribution in [3.8, 4) is 11.5 Å². The van der Waals surface area contributed by atoms with E-state index in [4.69, 9.17) is 9.47 Å². The molecule has 1 unspecified atom stereocenters. The molecule has 1 saturated heterocycles. The van der Waals surface area contributed by atoms with E-state index in [-0.39, 0.29) is 17.7 Å². The Labute approximate surface area is 167 Å². The molecular weight excluding hydrogens is 356 g/mol. The summed E-state index contributed by atoms with van der Waals surface area (Å²) in [4.78, 5) is 27.6. The van der Waals surface area contributed by atoms with E-state index in [0.717, 1.165) is 45.2 Å². The molecule has 1 atom stereocenters. The zero-order valence-corrected chi connectivity index (χ0v) is 17.2. The molecule has 1 heterocycles. The largest absolute Gasteiger partial charge is 0.497 e. The third-order valence-corrected chi connectivity index (χ3v) is 6.08. The van der Waals surface area contributed by atoms with Crippen LogP contribution in [0.3, 0.4) is 0 Å². The second-order valence-electron chi connectivity index (χ2n) is 8.14. The van der Waals surface area contributed by atoms with E-state index in [1.165, 1.54) is 6.42 Å². The van der Waals surface area contributed by atoms with Crippen LogP contribution in [-0.4, -0.2) is 44.0 Å². The summed E-state index contributed by atoms with van der Waals surface area (Å²) in [6, 6.07) is 5.35. The number of ether oxygens (including phenoxy) is 2. The zero-order chi connectivity index (χ0) is 20.1. The van der Waals surface area contributed by atoms with E-state index >= 15 is 0 Å². The molecule has 2 amide bonds. The average Bonchev–Trinajstić information content (AvgIpc) is 2.73. The van der Waals surface area contributed by atoms with Gasteiger partial charge in [-0.15, -0.1) is 0 Å². The number of carbonyl (C=O) groups excluding carboxylic acids is 2. The highest BCUT2D eigenvalue weighted by Crippen LogP contribution is 2.34. The van der Waals surface area contributed by atoms with Gasteiger partial charge in [0.25, 0.3) is 0 Å². The van der Waals surface area contributed by atoms with Crippen molar-refractivity contribution in [2.75, 3.05) is 32.6 Å². The molecule has 3 rings (SSSR count). The molecule has 0 radical (unpaired) electrons. The third-order valence-electron chi connectivity index (χ3n) is 6.08. The van der Waals surface area contributed by atoms with Crippen LogP contribution in [0.4, 0.5) is 5.69 Å². The molecule has 2 fully saturated rings. The third kappa shape index (κ3) is 4.78. The molecule has 6 nitrogen and oxygen atoms in total. The highest BCUT2D eigenvalue weighted by molar-refractivity contribution is 5.94. The number of rotatable bonds is 5. The lowest BCUT2D eigenvalue weighted by Gasteiger charge is -2.35. The minimum atomic E-state index is -0.0591. The minimum Gasteiger partial charge on any atom is -0.497 e. The Morgan fingerprint density at radius 3 is 2.39 bits per heavy atom. The number of methoxy groups -OCH3 is 2. The summed E-state index contributed by atoms with van der Waals surface area (Å²) in [6.45, 7) is 3.99. The smallest absolute Gasteiger partial charge is 0.227 e. The van der Waals surface area contributed by atoms with Crippen LogP contribution in [0.1, 0.15) is 45.4 Å². The van der Waals surface area contributed by atoms with Crippen molar-refractivity contribution >= 4 is 17.5 Å². The number of nitrogens with one attached hydrogen (secondary N) is 1. The van der Waals surface area contributed by atoms with Crippen LogP contribution in [-0.2, 0) is 9.59 Å². The van der Waals surface area contributed by atoms with Gasteiger partial charge in [0.05, 0.1) is 19.9 Å². The van der Waals surface area contributed by atoms with Gasteiger partial charge < -0.3 is 19.7 Å². The molecule has 6 heteroatoms. The Morgan fingerprint density at radius 1 is 1.04 bits per heavy atom. The van der Waals surface area contributed by atoms with Crippen LogP contribution in [0, 0.1) is 17.8 Å². The molecular formula is C22H32N2O4. The van der Waals surface area contributed by atoms with Crippen LogP contribution < -0.4 is 14.8 Å². The maximum atomic E-state index is 12.8. The van der Waals surface area contributed by atoms with Crippen molar-refractivity contribution < 1.29 is 19.1 Å². The van der Waals surface area contributed by atoms with Crippen molar-refractivity contribution in [3.05, 3.63) is 18.2 Å². The van der Waals surface area contributed by atoms with Gasteiger partial charge in [-0.05, 0) is 56.6 Å². The highest BCUT2D eigenvalue weighted by Gasteiger charge is 2.33. The van der Waals surface area contributed by atoms with Crippen LogP contribution in [0.5, 0.6) is 11.5 Å². The molecule has 1 aliphatic carbocycles. The van der Waals surface area contributed by atoms with Gasteiger partial charge >= 0.3 is 0 Å². The quantitative estimate of drug-likeness (QED) is 0.835. The molecule has 2 aliphatic rings. The van der Waals surface area contributed by atoms with Crippen molar-refractivity contribution in [3.63, 3.8) is 0 Å². The van der Waals surface area contributed by atoms with Gasteiger partial charge in [0.1, 0.15) is 11.5 Å². The Morgan fingerprint density at radius 2 is 1.75 bits per heavy atom. The Bertz CT molecular complexity index is 698. The van der Waals surface area contributed by atoms with Gasteiger partial charge in [-0.25, -0.2) is 0 Å². The van der Waals surface area contributed by atoms with Crippen LogP contribution in [0.25, 0.3) is 0 Å². The second-order valence-corrected chi connectivity index (χ2v) is 8.14. The fourth-order valence-electron chi connectivity index (χ4n) is 4.39. The predicted molar refractivity (Wildman–Crippen MR) is 109 cm³/mol. The first-order chi connectivity index (χ1) is 13.5. The number of hydrogen-bond acceptors (Lipinski definition) is 4. The molecule has 0 bridgehead atoms. The number of amides is 2. The number of nitrogens with zero attached hydrogens (tertiary/aromatic N) is 1. The summed E-state index contributed by atoms with van der Waals surface area (Å²) < 4.78 is 10.6. The summed E-state index contributed by atoms with van der Waals surface area (Å²) in [5, 5.41) is 2.98. The van der Waals surface area contributed by atoms with Gasteiger partial charge in [-0.2, -0.15) is 0 Å². The summed E-state index contributed by atoms with van der Waals surface area (Å²) in [7, 11) is 3.17. The van der Waals surface area contributed by atoms with Gasteiger partial charge in [0.2, 0.25) is 11.8 Å². The lowest BCUT2D eigenvalue weighted by Crippen LogP contribution is -2.43. The number of piperidine rings is 1. The van der Waals surface area contributed by atoms with E-state index in [2.05, 4.69) is 12.2 Å². The molecule has 1 aromatic carbocycles. The topological polar surface area (TPSA) is 67.9 Å². The van der Waals surface area contributed by atoms with Crippen LogP contribution >= 0.6 is 0 Å². The zero-order valence-electron chi connectivity index (χ0n) is 17.2. The molecule has 0 aromatic heterocycles. The molecule has 0 spiro atoms. The van der Waals surface area contributed by atoms with E-state index in [0.29, 0.717) is 29.0 Å². The number of anilines is 1. The number of carbonyl (C=O) groups is 2. The minimum absolute atomic E-state index is 0.000889. The number of hydrogen-bond donors (Lipinski definition) is 1. The average molecular weight is 389 g/mol. The lowest BCUT2D eigenvalue weighted by atomic mass is 9.80. The first kappa shape index (κ1) is 20.5. The van der Waals surface area contributed by atoms with Crippen molar-refractivity contribution in [2.24, 2.45) is 17.8 Å². The molecule has 1 N–H and O–H groups in total. The highest BCUT2D eigenvalue weighted by atomic mass is 16.5. The first-order valence-corrected chi connectivity index (χ1v) is 10.3. The normalized spacial score (nSPS) is 25.1. The van der Waals surface area contributed by atoms with Gasteiger partial charge in [-0.3, -0.25) is 9.59 Å². The van der Waals surface area contributed by atoms with Gasteiger partial charge in [0, 0.05) is 31.0 Å². The SMILES string of the molecule is COc1ccc(NC(=O)C2CCC(C(=O)N3CCCC(C)C3)CC2)c(OC)c1. The number of likely N-dealkylation sites (tertiary alicyclic amines) is 1. The van der Waals surface area contributed by atoms with Gasteiger partial charge in [0.15, 0.2) is 0 Å². The van der Waals surface area contributed by atoms with Crippen LogP contribution in [0.2, 0.25) is 0 Å². The van der Waals surface area contributed by atoms with Crippen LogP contribution in [0.15, 0.2) is 18.2 Å². The summed E-state index contributed by atoms with van der Waals surface area (Å²) in [5.74, 6) is 2.17. The Hall–Kier alpha value is -2.24. The van der Waals surface area contributed by atoms with E-state index < -0.39 is 0 Å². The Kier molecular flexibility index (Phi) is 6.81. The van der Waals surface area contributed by atoms with Crippen molar-refractivity contribution in [2.45, 2.75) is 45.4 Å². The molecule has 28 heavy (non-hydrogen) atoms. The first-order valence-electron chi connectivity index (χ1n) is 10.3. The maximum absolute atomic E-state index is 12.8. The van der Waals surface area contributed by atoms with E-state index in [1.54, 1.807) is 32.4 Å². The number of benzene rings is 1. The fraction of sp³-hybridized carbons (Fsp3) is 0.636. The van der Waals surface area contributed by atoms with E-state index in [1.807, 2.05) is 4.90 Å². The van der Waals surface area contributed by atoms with Gasteiger partial charge in [-0.1, -0.05) is 6.92 Å². The lowest BCUT2D eigenvalue weighted by molar-refractivity contribution is -0.139. The second kappa shape index (κ2) is 9.30. The maximum Gasteiger partial charge on any atom is 0.227 e. The standard InChI is InChI=1S/C22H32N2O4/c1-15-5-4-12-24(14-15)22(26)17-8-6-16(7-9-17)21(25)23-19-11-10-18(27-2)13-20(19)28-3/h10-11,13,15-17H,4-9,12,14H2,1-3H3,(H,23,25). The summed E-state index contributed by atoms with van der Waals surface area (Å²) in [5.41, 5.74) is 0.647. The molecule has 1 aromatic rings. The van der Waals surface area contributed by atoms with Crippen molar-refractivity contribution in [1.82, 2.24) is 4.90 Å².